The van der Waals surface area contributed by atoms with Gasteiger partial charge in [0.05, 0.1) is 5.56 Å². The molecule has 1 unspecified atom stereocenters. The SMILES string of the molecule is CC(NCc1ccc(C(=O)O)cc1)C1(c2ccccc2)CCCC1. The van der Waals surface area contributed by atoms with Crippen molar-refractivity contribution < 1.29 is 9.90 Å². The monoisotopic (exact) mass is 323 g/mol. The maximum Gasteiger partial charge on any atom is 0.335 e. The van der Waals surface area contributed by atoms with Gasteiger partial charge in [-0.15, -0.1) is 0 Å². The smallest absolute Gasteiger partial charge is 0.335 e. The van der Waals surface area contributed by atoms with E-state index >= 15 is 0 Å². The zero-order valence-electron chi connectivity index (χ0n) is 14.2. The van der Waals surface area contributed by atoms with Crippen LogP contribution in [-0.2, 0) is 12.0 Å². The lowest BCUT2D eigenvalue weighted by Crippen LogP contribution is -2.44. The van der Waals surface area contributed by atoms with Crippen molar-refractivity contribution in [1.29, 1.82) is 0 Å². The second-order valence-corrected chi connectivity index (χ2v) is 6.83. The molecule has 1 atom stereocenters. The van der Waals surface area contributed by atoms with Gasteiger partial charge in [-0.05, 0) is 43.0 Å². The van der Waals surface area contributed by atoms with E-state index in [0.717, 1.165) is 12.1 Å². The standard InChI is InChI=1S/C21H25NO2/c1-16(22-15-17-9-11-18(12-10-17)20(23)24)21(13-5-6-14-21)19-7-3-2-4-8-19/h2-4,7-12,16,22H,5-6,13-15H2,1H3,(H,23,24). The Morgan fingerprint density at radius 3 is 2.29 bits per heavy atom. The molecule has 1 aliphatic rings. The number of carboxylic acids is 1. The predicted molar refractivity (Wildman–Crippen MR) is 96.3 cm³/mol. The summed E-state index contributed by atoms with van der Waals surface area (Å²) in [7, 11) is 0. The van der Waals surface area contributed by atoms with E-state index in [0.29, 0.717) is 11.6 Å². The van der Waals surface area contributed by atoms with Crippen LogP contribution in [-0.4, -0.2) is 17.1 Å². The third kappa shape index (κ3) is 3.36. The lowest BCUT2D eigenvalue weighted by Gasteiger charge is -2.37. The van der Waals surface area contributed by atoms with Crippen molar-refractivity contribution >= 4 is 5.97 Å². The van der Waals surface area contributed by atoms with Crippen molar-refractivity contribution in [3.8, 4) is 0 Å². The van der Waals surface area contributed by atoms with Gasteiger partial charge in [0.25, 0.3) is 0 Å². The van der Waals surface area contributed by atoms with E-state index in [1.54, 1.807) is 12.1 Å². The Bertz CT molecular complexity index is 673. The molecule has 3 rings (SSSR count). The van der Waals surface area contributed by atoms with E-state index in [1.807, 2.05) is 12.1 Å². The first kappa shape index (κ1) is 16.7. The van der Waals surface area contributed by atoms with Gasteiger partial charge in [0.15, 0.2) is 0 Å². The molecule has 0 heterocycles. The normalized spacial score (nSPS) is 17.5. The molecule has 0 amide bonds. The van der Waals surface area contributed by atoms with Gasteiger partial charge in [0.1, 0.15) is 0 Å². The van der Waals surface area contributed by atoms with Crippen molar-refractivity contribution in [3.05, 3.63) is 71.3 Å². The highest BCUT2D eigenvalue weighted by Gasteiger charge is 2.40. The predicted octanol–water partition coefficient (Wildman–Crippen LogP) is 4.37. The summed E-state index contributed by atoms with van der Waals surface area (Å²) < 4.78 is 0. The zero-order chi connectivity index (χ0) is 17.0. The summed E-state index contributed by atoms with van der Waals surface area (Å²) in [4.78, 5) is 10.9. The van der Waals surface area contributed by atoms with Crippen LogP contribution >= 0.6 is 0 Å². The van der Waals surface area contributed by atoms with Crippen LogP contribution in [0.15, 0.2) is 54.6 Å². The average molecular weight is 323 g/mol. The molecule has 0 spiro atoms. The first-order valence-electron chi connectivity index (χ1n) is 8.73. The second kappa shape index (κ2) is 7.18. The lowest BCUT2D eigenvalue weighted by molar-refractivity contribution is 0.0697. The van der Waals surface area contributed by atoms with Crippen LogP contribution in [0, 0.1) is 0 Å². The fourth-order valence-corrected chi connectivity index (χ4v) is 3.98. The Hall–Kier alpha value is -2.13. The van der Waals surface area contributed by atoms with Gasteiger partial charge in [-0.3, -0.25) is 0 Å². The number of hydrogen-bond acceptors (Lipinski definition) is 2. The molecule has 3 nitrogen and oxygen atoms in total. The second-order valence-electron chi connectivity index (χ2n) is 6.83. The molecular formula is C21H25NO2. The Labute approximate surface area is 143 Å². The van der Waals surface area contributed by atoms with Gasteiger partial charge in [0.2, 0.25) is 0 Å². The van der Waals surface area contributed by atoms with Gasteiger partial charge in [-0.2, -0.15) is 0 Å². The van der Waals surface area contributed by atoms with E-state index in [2.05, 4.69) is 42.6 Å². The summed E-state index contributed by atoms with van der Waals surface area (Å²) in [6.07, 6.45) is 5.02. The quantitative estimate of drug-likeness (QED) is 0.829. The van der Waals surface area contributed by atoms with Crippen molar-refractivity contribution in [2.45, 2.75) is 50.6 Å². The molecule has 0 bridgehead atoms. The minimum Gasteiger partial charge on any atom is -0.478 e. The Kier molecular flexibility index (Phi) is 5.00. The number of nitrogens with one attached hydrogen (secondary N) is 1. The van der Waals surface area contributed by atoms with Crippen molar-refractivity contribution in [2.24, 2.45) is 0 Å². The number of hydrogen-bond donors (Lipinski definition) is 2. The molecule has 0 aliphatic heterocycles. The first-order chi connectivity index (χ1) is 11.6. The van der Waals surface area contributed by atoms with Crippen molar-refractivity contribution in [2.75, 3.05) is 0 Å². The summed E-state index contributed by atoms with van der Waals surface area (Å²) in [5.41, 5.74) is 3.10. The maximum absolute atomic E-state index is 10.9. The highest BCUT2D eigenvalue weighted by Crippen LogP contribution is 2.43. The topological polar surface area (TPSA) is 49.3 Å². The number of rotatable bonds is 6. The van der Waals surface area contributed by atoms with Gasteiger partial charge >= 0.3 is 5.97 Å². The fourth-order valence-electron chi connectivity index (χ4n) is 3.98. The van der Waals surface area contributed by atoms with E-state index in [1.165, 1.54) is 31.2 Å². The van der Waals surface area contributed by atoms with E-state index in [4.69, 9.17) is 5.11 Å². The highest BCUT2D eigenvalue weighted by atomic mass is 16.4. The van der Waals surface area contributed by atoms with Crippen molar-refractivity contribution in [1.82, 2.24) is 5.32 Å². The molecule has 0 saturated heterocycles. The Morgan fingerprint density at radius 1 is 1.08 bits per heavy atom. The minimum atomic E-state index is -0.878. The fraction of sp³-hybridized carbons (Fsp3) is 0.381. The summed E-state index contributed by atoms with van der Waals surface area (Å²) in [5, 5.41) is 12.7. The molecule has 3 heteroatoms. The summed E-state index contributed by atoms with van der Waals surface area (Å²) in [6, 6.07) is 18.4. The van der Waals surface area contributed by atoms with Crippen LogP contribution in [0.1, 0.15) is 54.1 Å². The van der Waals surface area contributed by atoms with Crippen molar-refractivity contribution in [3.63, 3.8) is 0 Å². The van der Waals surface area contributed by atoms with E-state index < -0.39 is 5.97 Å². The summed E-state index contributed by atoms with van der Waals surface area (Å²) >= 11 is 0. The maximum atomic E-state index is 10.9. The molecule has 2 aromatic rings. The van der Waals surface area contributed by atoms with Crippen LogP contribution < -0.4 is 5.32 Å². The average Bonchev–Trinajstić information content (AvgIpc) is 3.12. The molecule has 126 valence electrons. The van der Waals surface area contributed by atoms with Crippen LogP contribution in [0.4, 0.5) is 0 Å². The summed E-state index contributed by atoms with van der Waals surface area (Å²) in [6.45, 7) is 3.04. The molecule has 2 aromatic carbocycles. The number of carbonyl (C=O) groups is 1. The molecule has 24 heavy (non-hydrogen) atoms. The largest absolute Gasteiger partial charge is 0.478 e. The lowest BCUT2D eigenvalue weighted by atomic mass is 9.73. The van der Waals surface area contributed by atoms with Gasteiger partial charge in [0, 0.05) is 18.0 Å². The molecule has 2 N–H and O–H groups in total. The summed E-state index contributed by atoms with van der Waals surface area (Å²) in [5.74, 6) is -0.878. The number of aromatic carboxylic acids is 1. The van der Waals surface area contributed by atoms with E-state index in [-0.39, 0.29) is 5.41 Å². The zero-order valence-corrected chi connectivity index (χ0v) is 14.2. The van der Waals surface area contributed by atoms with Crippen LogP contribution in [0.3, 0.4) is 0 Å². The van der Waals surface area contributed by atoms with Crippen LogP contribution in [0.5, 0.6) is 0 Å². The van der Waals surface area contributed by atoms with Crippen LogP contribution in [0.25, 0.3) is 0 Å². The van der Waals surface area contributed by atoms with E-state index in [9.17, 15) is 4.79 Å². The molecule has 1 fully saturated rings. The highest BCUT2D eigenvalue weighted by molar-refractivity contribution is 5.87. The molecular weight excluding hydrogens is 298 g/mol. The molecule has 1 aliphatic carbocycles. The Morgan fingerprint density at radius 2 is 1.71 bits per heavy atom. The Balaban J connectivity index is 1.70. The minimum absolute atomic E-state index is 0.211. The molecule has 1 saturated carbocycles. The molecule has 0 radical (unpaired) electrons. The number of carboxylic acid groups (broad SMARTS) is 1. The third-order valence-electron chi connectivity index (χ3n) is 5.49. The van der Waals surface area contributed by atoms with Gasteiger partial charge in [-0.25, -0.2) is 4.79 Å². The van der Waals surface area contributed by atoms with Gasteiger partial charge < -0.3 is 10.4 Å². The third-order valence-corrected chi connectivity index (χ3v) is 5.49. The first-order valence-corrected chi connectivity index (χ1v) is 8.73. The molecule has 0 aromatic heterocycles. The van der Waals surface area contributed by atoms with Crippen LogP contribution in [0.2, 0.25) is 0 Å². The number of benzene rings is 2. The van der Waals surface area contributed by atoms with Gasteiger partial charge in [-0.1, -0.05) is 55.3 Å².